The number of hydrogen-bond acceptors (Lipinski definition) is 5. The van der Waals surface area contributed by atoms with E-state index in [9.17, 15) is 4.79 Å². The van der Waals surface area contributed by atoms with E-state index < -0.39 is 5.91 Å². The van der Waals surface area contributed by atoms with E-state index in [4.69, 9.17) is 5.73 Å². The summed E-state index contributed by atoms with van der Waals surface area (Å²) in [5, 5.41) is 2.99. The third kappa shape index (κ3) is 2.59. The fourth-order valence-electron chi connectivity index (χ4n) is 1.90. The Morgan fingerprint density at radius 3 is 2.89 bits per heavy atom. The molecule has 7 nitrogen and oxygen atoms in total. The number of primary amides is 1. The third-order valence-corrected chi connectivity index (χ3v) is 2.83. The summed E-state index contributed by atoms with van der Waals surface area (Å²) in [7, 11) is 1.79. The summed E-state index contributed by atoms with van der Waals surface area (Å²) in [5.41, 5.74) is 6.01. The molecule has 0 bridgehead atoms. The van der Waals surface area contributed by atoms with Crippen molar-refractivity contribution in [2.24, 2.45) is 5.73 Å². The number of hydrogen-bond donors (Lipinski definition) is 2. The Balaban J connectivity index is 2.56. The van der Waals surface area contributed by atoms with E-state index in [2.05, 4.69) is 15.3 Å². The maximum atomic E-state index is 11.2. The molecule has 2 heterocycles. The highest BCUT2D eigenvalue weighted by atomic mass is 16.1. The molecule has 2 aromatic rings. The van der Waals surface area contributed by atoms with E-state index in [1.54, 1.807) is 13.2 Å². The molecule has 0 aliphatic heterocycles. The van der Waals surface area contributed by atoms with Crippen LogP contribution in [0, 0.1) is 0 Å². The van der Waals surface area contributed by atoms with Crippen LogP contribution in [0.15, 0.2) is 18.6 Å². The number of amides is 1. The van der Waals surface area contributed by atoms with Crippen LogP contribution in [0.3, 0.4) is 0 Å². The van der Waals surface area contributed by atoms with Crippen LogP contribution in [-0.2, 0) is 4.79 Å². The number of carbonyl (C=O) groups excluding carboxylic acids is 1. The Kier molecular flexibility index (Phi) is 3.55. The fourth-order valence-corrected chi connectivity index (χ4v) is 1.90. The SMILES string of the molecule is CNc1cn2ccnc2c(N(CC(N)=O)C(C)C)n1. The highest BCUT2D eigenvalue weighted by Gasteiger charge is 2.19. The van der Waals surface area contributed by atoms with Gasteiger partial charge in [-0.15, -0.1) is 0 Å². The van der Waals surface area contributed by atoms with Gasteiger partial charge in [0.05, 0.1) is 12.7 Å². The van der Waals surface area contributed by atoms with Gasteiger partial charge in [0.15, 0.2) is 11.5 Å². The van der Waals surface area contributed by atoms with Crippen molar-refractivity contribution in [1.29, 1.82) is 0 Å². The first kappa shape index (κ1) is 13.1. The van der Waals surface area contributed by atoms with Crippen molar-refractivity contribution in [1.82, 2.24) is 14.4 Å². The van der Waals surface area contributed by atoms with Crippen molar-refractivity contribution in [2.75, 3.05) is 23.8 Å². The van der Waals surface area contributed by atoms with Gasteiger partial charge in [0.2, 0.25) is 5.91 Å². The Hall–Kier alpha value is -2.31. The number of rotatable bonds is 5. The molecule has 0 saturated heterocycles. The molecule has 3 N–H and O–H groups in total. The number of carbonyl (C=O) groups is 1. The Morgan fingerprint density at radius 1 is 1.58 bits per heavy atom. The normalized spacial score (nSPS) is 10.9. The topological polar surface area (TPSA) is 88.5 Å². The van der Waals surface area contributed by atoms with Crippen LogP contribution in [0.25, 0.3) is 5.65 Å². The smallest absolute Gasteiger partial charge is 0.237 e. The van der Waals surface area contributed by atoms with Crippen molar-refractivity contribution < 1.29 is 4.79 Å². The predicted molar refractivity (Wildman–Crippen MR) is 74.2 cm³/mol. The molecule has 0 fully saturated rings. The summed E-state index contributed by atoms with van der Waals surface area (Å²) in [5.74, 6) is 0.955. The first-order chi connectivity index (χ1) is 9.02. The van der Waals surface area contributed by atoms with Crippen molar-refractivity contribution in [3.8, 4) is 0 Å². The molecule has 0 spiro atoms. The summed E-state index contributed by atoms with van der Waals surface area (Å²) in [4.78, 5) is 21.8. The van der Waals surface area contributed by atoms with Crippen LogP contribution in [0.2, 0.25) is 0 Å². The number of nitrogens with two attached hydrogens (primary N) is 1. The highest BCUT2D eigenvalue weighted by Crippen LogP contribution is 2.22. The lowest BCUT2D eigenvalue weighted by molar-refractivity contribution is -0.116. The van der Waals surface area contributed by atoms with E-state index in [1.807, 2.05) is 35.5 Å². The number of imidazole rings is 1. The first-order valence-corrected chi connectivity index (χ1v) is 6.09. The van der Waals surface area contributed by atoms with Gasteiger partial charge in [-0.3, -0.25) is 4.79 Å². The molecule has 19 heavy (non-hydrogen) atoms. The monoisotopic (exact) mass is 262 g/mol. The number of nitrogens with one attached hydrogen (secondary N) is 1. The number of aromatic nitrogens is 3. The second-order valence-corrected chi connectivity index (χ2v) is 4.55. The first-order valence-electron chi connectivity index (χ1n) is 6.09. The molecule has 102 valence electrons. The fraction of sp³-hybridized carbons (Fsp3) is 0.417. The van der Waals surface area contributed by atoms with E-state index in [0.29, 0.717) is 17.3 Å². The standard InChI is InChI=1S/C12H18N6O/c1-8(2)18(6-9(13)19)12-11-15-4-5-17(11)7-10(14-3)16-12/h4-5,7-8,14H,6H2,1-3H3,(H2,13,19). The van der Waals surface area contributed by atoms with Gasteiger partial charge < -0.3 is 20.4 Å². The zero-order valence-corrected chi connectivity index (χ0v) is 11.3. The summed E-state index contributed by atoms with van der Waals surface area (Å²) < 4.78 is 1.87. The lowest BCUT2D eigenvalue weighted by Crippen LogP contribution is -2.39. The average molecular weight is 262 g/mol. The lowest BCUT2D eigenvalue weighted by Gasteiger charge is -2.27. The van der Waals surface area contributed by atoms with Crippen LogP contribution in [-0.4, -0.2) is 39.9 Å². The maximum Gasteiger partial charge on any atom is 0.237 e. The van der Waals surface area contributed by atoms with Gasteiger partial charge >= 0.3 is 0 Å². The van der Waals surface area contributed by atoms with Gasteiger partial charge in [0, 0.05) is 25.5 Å². The molecule has 0 radical (unpaired) electrons. The molecule has 2 aromatic heterocycles. The second kappa shape index (κ2) is 5.13. The lowest BCUT2D eigenvalue weighted by atomic mass is 10.3. The zero-order chi connectivity index (χ0) is 14.0. The summed E-state index contributed by atoms with van der Waals surface area (Å²) in [6.45, 7) is 4.08. The predicted octanol–water partition coefficient (Wildman–Crippen LogP) is 0.471. The molecule has 0 aromatic carbocycles. The Bertz CT molecular complexity index is 591. The molecular formula is C12H18N6O. The molecule has 0 atom stereocenters. The summed E-state index contributed by atoms with van der Waals surface area (Å²) in [6.07, 6.45) is 5.38. The van der Waals surface area contributed by atoms with Crippen molar-refractivity contribution >= 4 is 23.2 Å². The van der Waals surface area contributed by atoms with Gasteiger partial charge in [0.1, 0.15) is 5.82 Å². The van der Waals surface area contributed by atoms with Crippen LogP contribution < -0.4 is 16.0 Å². The summed E-state index contributed by atoms with van der Waals surface area (Å²) >= 11 is 0. The zero-order valence-electron chi connectivity index (χ0n) is 11.3. The second-order valence-electron chi connectivity index (χ2n) is 4.55. The maximum absolute atomic E-state index is 11.2. The Morgan fingerprint density at radius 2 is 2.32 bits per heavy atom. The summed E-state index contributed by atoms with van der Waals surface area (Å²) in [6, 6.07) is 0.0904. The van der Waals surface area contributed by atoms with Crippen molar-refractivity contribution in [3.05, 3.63) is 18.6 Å². The third-order valence-electron chi connectivity index (χ3n) is 2.83. The minimum Gasteiger partial charge on any atom is -0.372 e. The van der Waals surface area contributed by atoms with Gasteiger partial charge in [0.25, 0.3) is 0 Å². The van der Waals surface area contributed by atoms with Crippen LogP contribution in [0.1, 0.15) is 13.8 Å². The van der Waals surface area contributed by atoms with Gasteiger partial charge in [-0.05, 0) is 13.8 Å². The molecule has 2 rings (SSSR count). The molecule has 7 heteroatoms. The van der Waals surface area contributed by atoms with E-state index in [-0.39, 0.29) is 12.6 Å². The largest absolute Gasteiger partial charge is 0.372 e. The number of anilines is 2. The van der Waals surface area contributed by atoms with Gasteiger partial charge in [-0.1, -0.05) is 0 Å². The molecule has 0 aliphatic carbocycles. The number of nitrogens with zero attached hydrogens (tertiary/aromatic N) is 4. The van der Waals surface area contributed by atoms with E-state index in [1.165, 1.54) is 0 Å². The molecule has 0 saturated carbocycles. The van der Waals surface area contributed by atoms with Gasteiger partial charge in [-0.25, -0.2) is 9.97 Å². The number of fused-ring (bicyclic) bond motifs is 1. The molecular weight excluding hydrogens is 244 g/mol. The van der Waals surface area contributed by atoms with Crippen molar-refractivity contribution in [3.63, 3.8) is 0 Å². The van der Waals surface area contributed by atoms with E-state index in [0.717, 1.165) is 0 Å². The highest BCUT2D eigenvalue weighted by molar-refractivity contribution is 5.81. The van der Waals surface area contributed by atoms with Gasteiger partial charge in [-0.2, -0.15) is 0 Å². The average Bonchev–Trinajstić information content (AvgIpc) is 2.82. The van der Waals surface area contributed by atoms with Crippen LogP contribution >= 0.6 is 0 Å². The minimum atomic E-state index is -0.393. The van der Waals surface area contributed by atoms with E-state index >= 15 is 0 Å². The molecule has 0 aliphatic rings. The van der Waals surface area contributed by atoms with Crippen LogP contribution in [0.4, 0.5) is 11.6 Å². The van der Waals surface area contributed by atoms with Crippen molar-refractivity contribution in [2.45, 2.75) is 19.9 Å². The quantitative estimate of drug-likeness (QED) is 0.817. The molecule has 1 amide bonds. The van der Waals surface area contributed by atoms with Crippen LogP contribution in [0.5, 0.6) is 0 Å². The Labute approximate surface area is 111 Å². The minimum absolute atomic E-state index is 0.0904. The molecule has 0 unspecified atom stereocenters.